The van der Waals surface area contributed by atoms with Crippen LogP contribution in [0.3, 0.4) is 0 Å². The van der Waals surface area contributed by atoms with Crippen LogP contribution in [0.15, 0.2) is 24.4 Å². The molecule has 0 atom stereocenters. The molecule has 2 rings (SSSR count). The highest BCUT2D eigenvalue weighted by atomic mass is 19.4. The first kappa shape index (κ1) is 17.8. The van der Waals surface area contributed by atoms with Crippen LogP contribution in [0.5, 0.6) is 0 Å². The number of amides is 1. The molecule has 2 heterocycles. The largest absolute Gasteiger partial charge is 0.444 e. The van der Waals surface area contributed by atoms with Crippen molar-refractivity contribution in [2.24, 2.45) is 0 Å². The summed E-state index contributed by atoms with van der Waals surface area (Å²) in [6.07, 6.45) is -4.83. The van der Waals surface area contributed by atoms with Crippen molar-refractivity contribution in [1.82, 2.24) is 14.8 Å². The van der Waals surface area contributed by atoms with Crippen molar-refractivity contribution in [1.29, 1.82) is 0 Å². The summed E-state index contributed by atoms with van der Waals surface area (Å²) in [5, 5.41) is 5.79. The number of anilines is 1. The van der Waals surface area contributed by atoms with Gasteiger partial charge < -0.3 is 4.74 Å². The van der Waals surface area contributed by atoms with Crippen molar-refractivity contribution in [3.8, 4) is 5.82 Å². The van der Waals surface area contributed by atoms with Gasteiger partial charge in [0, 0.05) is 5.69 Å². The molecule has 0 spiro atoms. The quantitative estimate of drug-likeness (QED) is 0.897. The van der Waals surface area contributed by atoms with Gasteiger partial charge in [-0.15, -0.1) is 0 Å². The zero-order valence-corrected chi connectivity index (χ0v) is 13.6. The third-order valence-corrected chi connectivity index (χ3v) is 2.76. The van der Waals surface area contributed by atoms with E-state index in [1.54, 1.807) is 39.8 Å². The van der Waals surface area contributed by atoms with Gasteiger partial charge in [-0.2, -0.15) is 18.3 Å². The van der Waals surface area contributed by atoms with Crippen molar-refractivity contribution in [3.05, 3.63) is 35.8 Å². The molecule has 2 aromatic rings. The lowest BCUT2D eigenvalue weighted by Gasteiger charge is -2.20. The fourth-order valence-electron chi connectivity index (χ4n) is 1.95. The summed E-state index contributed by atoms with van der Waals surface area (Å²) in [5.41, 5.74) is -1.93. The molecule has 0 aliphatic heterocycles. The van der Waals surface area contributed by atoms with Crippen LogP contribution in [0, 0.1) is 6.92 Å². The Labute approximate surface area is 136 Å². The molecule has 1 N–H and O–H groups in total. The molecule has 0 saturated carbocycles. The van der Waals surface area contributed by atoms with E-state index in [1.807, 2.05) is 0 Å². The van der Waals surface area contributed by atoms with Crippen LogP contribution < -0.4 is 5.32 Å². The first-order valence-electron chi connectivity index (χ1n) is 7.06. The molecule has 0 unspecified atom stereocenters. The standard InChI is InChI=1S/C15H17F3N4O2/c1-9-6-5-7-11(20-9)22-12(15(16,17)18)10(8-19-22)21-13(23)24-14(2,3)4/h5-8H,1-4H3,(H,21,23). The predicted octanol–water partition coefficient (Wildman–Crippen LogP) is 3.94. The van der Waals surface area contributed by atoms with Gasteiger partial charge in [0.15, 0.2) is 11.5 Å². The van der Waals surface area contributed by atoms with E-state index >= 15 is 0 Å². The van der Waals surface area contributed by atoms with Crippen LogP contribution >= 0.6 is 0 Å². The minimum Gasteiger partial charge on any atom is -0.444 e. The second kappa shape index (κ2) is 6.14. The molecule has 0 fully saturated rings. The zero-order valence-electron chi connectivity index (χ0n) is 13.6. The highest BCUT2D eigenvalue weighted by molar-refractivity contribution is 5.85. The van der Waals surface area contributed by atoms with Crippen LogP contribution in [-0.2, 0) is 10.9 Å². The molecule has 0 aromatic carbocycles. The Morgan fingerprint density at radius 3 is 2.46 bits per heavy atom. The van der Waals surface area contributed by atoms with Gasteiger partial charge in [0.25, 0.3) is 0 Å². The van der Waals surface area contributed by atoms with Gasteiger partial charge in [0.05, 0.1) is 11.9 Å². The van der Waals surface area contributed by atoms with E-state index in [0.29, 0.717) is 10.4 Å². The van der Waals surface area contributed by atoms with Gasteiger partial charge in [-0.3, -0.25) is 5.32 Å². The number of carbonyl (C=O) groups is 1. The molecule has 0 saturated heterocycles. The van der Waals surface area contributed by atoms with Crippen LogP contribution in [0.1, 0.15) is 32.2 Å². The van der Waals surface area contributed by atoms with E-state index in [9.17, 15) is 18.0 Å². The van der Waals surface area contributed by atoms with E-state index in [2.05, 4.69) is 15.4 Å². The summed E-state index contributed by atoms with van der Waals surface area (Å²) in [4.78, 5) is 15.8. The number of hydrogen-bond donors (Lipinski definition) is 1. The fraction of sp³-hybridized carbons (Fsp3) is 0.400. The smallest absolute Gasteiger partial charge is 0.435 e. The number of ether oxygens (including phenoxy) is 1. The summed E-state index contributed by atoms with van der Waals surface area (Å²) in [5.74, 6) is -0.000404. The Morgan fingerprint density at radius 2 is 1.92 bits per heavy atom. The molecule has 0 bridgehead atoms. The highest BCUT2D eigenvalue weighted by Crippen LogP contribution is 2.36. The molecule has 1 amide bonds. The van der Waals surface area contributed by atoms with E-state index in [-0.39, 0.29) is 5.82 Å². The van der Waals surface area contributed by atoms with Crippen LogP contribution in [0.4, 0.5) is 23.7 Å². The van der Waals surface area contributed by atoms with Crippen molar-refractivity contribution >= 4 is 11.8 Å². The number of aromatic nitrogens is 3. The summed E-state index contributed by atoms with van der Waals surface area (Å²) in [6, 6.07) is 4.62. The lowest BCUT2D eigenvalue weighted by molar-refractivity contribution is -0.142. The number of rotatable bonds is 2. The van der Waals surface area contributed by atoms with Crippen molar-refractivity contribution in [2.45, 2.75) is 39.5 Å². The second-order valence-electron chi connectivity index (χ2n) is 6.08. The van der Waals surface area contributed by atoms with Gasteiger partial charge in [-0.05, 0) is 39.8 Å². The molecular weight excluding hydrogens is 325 g/mol. The lowest BCUT2D eigenvalue weighted by Crippen LogP contribution is -2.28. The van der Waals surface area contributed by atoms with Gasteiger partial charge in [-0.25, -0.2) is 14.5 Å². The maximum atomic E-state index is 13.4. The first-order chi connectivity index (χ1) is 11.0. The maximum Gasteiger partial charge on any atom is 0.435 e. The predicted molar refractivity (Wildman–Crippen MR) is 81.0 cm³/mol. The number of nitrogens with one attached hydrogen (secondary N) is 1. The third kappa shape index (κ3) is 4.24. The molecule has 130 valence electrons. The highest BCUT2D eigenvalue weighted by Gasteiger charge is 2.40. The Hall–Kier alpha value is -2.58. The number of aryl methyl sites for hydroxylation is 1. The maximum absolute atomic E-state index is 13.4. The number of carbonyl (C=O) groups excluding carboxylic acids is 1. The normalized spacial score (nSPS) is 12.1. The molecule has 6 nitrogen and oxygen atoms in total. The topological polar surface area (TPSA) is 69.0 Å². The Bertz CT molecular complexity index is 748. The number of halogens is 3. The SMILES string of the molecule is Cc1cccc(-n2ncc(NC(=O)OC(C)(C)C)c2C(F)(F)F)n1. The molecule has 0 aliphatic rings. The Kier molecular flexibility index (Phi) is 4.54. The second-order valence-corrected chi connectivity index (χ2v) is 6.08. The van der Waals surface area contributed by atoms with E-state index in [4.69, 9.17) is 4.74 Å². The summed E-state index contributed by atoms with van der Waals surface area (Å²) in [6.45, 7) is 6.48. The van der Waals surface area contributed by atoms with Crippen LogP contribution in [0.25, 0.3) is 5.82 Å². The summed E-state index contributed by atoms with van der Waals surface area (Å²) >= 11 is 0. The van der Waals surface area contributed by atoms with Gasteiger partial charge in [0.1, 0.15) is 5.60 Å². The van der Waals surface area contributed by atoms with E-state index in [0.717, 1.165) is 6.20 Å². The van der Waals surface area contributed by atoms with Crippen molar-refractivity contribution in [2.75, 3.05) is 5.32 Å². The average Bonchev–Trinajstić information content (AvgIpc) is 2.79. The molecular formula is C15H17F3N4O2. The summed E-state index contributed by atoms with van der Waals surface area (Å²) in [7, 11) is 0. The molecule has 24 heavy (non-hydrogen) atoms. The first-order valence-corrected chi connectivity index (χ1v) is 7.06. The molecule has 2 aromatic heterocycles. The lowest BCUT2D eigenvalue weighted by atomic mass is 10.2. The van der Waals surface area contributed by atoms with Crippen LogP contribution in [0.2, 0.25) is 0 Å². The average molecular weight is 342 g/mol. The molecule has 9 heteroatoms. The van der Waals surface area contributed by atoms with Gasteiger partial charge >= 0.3 is 12.3 Å². The van der Waals surface area contributed by atoms with E-state index in [1.165, 1.54) is 6.07 Å². The molecule has 0 aliphatic carbocycles. The number of hydrogen-bond acceptors (Lipinski definition) is 4. The van der Waals surface area contributed by atoms with Crippen molar-refractivity contribution in [3.63, 3.8) is 0 Å². The Morgan fingerprint density at radius 1 is 1.25 bits per heavy atom. The van der Waals surface area contributed by atoms with Gasteiger partial charge in [-0.1, -0.05) is 6.07 Å². The minimum absolute atomic E-state index is 0.000404. The number of pyridine rings is 1. The monoisotopic (exact) mass is 342 g/mol. The third-order valence-electron chi connectivity index (χ3n) is 2.76. The van der Waals surface area contributed by atoms with Crippen molar-refractivity contribution < 1.29 is 22.7 Å². The Balaban J connectivity index is 2.42. The minimum atomic E-state index is -4.74. The zero-order chi connectivity index (χ0) is 18.1. The fourth-order valence-corrected chi connectivity index (χ4v) is 1.95. The van der Waals surface area contributed by atoms with Crippen LogP contribution in [-0.4, -0.2) is 26.5 Å². The number of alkyl halides is 3. The van der Waals surface area contributed by atoms with E-state index < -0.39 is 29.3 Å². The number of nitrogens with zero attached hydrogens (tertiary/aromatic N) is 3. The van der Waals surface area contributed by atoms with Gasteiger partial charge in [0.2, 0.25) is 0 Å². The molecule has 0 radical (unpaired) electrons. The summed E-state index contributed by atoms with van der Waals surface area (Å²) < 4.78 is 45.9.